The summed E-state index contributed by atoms with van der Waals surface area (Å²) < 4.78 is 7.61. The molecule has 1 unspecified atom stereocenters. The van der Waals surface area contributed by atoms with Gasteiger partial charge >= 0.3 is 0 Å². The topological polar surface area (TPSA) is 69.9 Å². The monoisotopic (exact) mass is 262 g/mol. The van der Waals surface area contributed by atoms with E-state index in [4.69, 9.17) is 10.2 Å². The zero-order valence-corrected chi connectivity index (χ0v) is 12.1. The Labute approximate surface area is 113 Å². The molecule has 0 radical (unpaired) electrons. The van der Waals surface area contributed by atoms with E-state index in [0.29, 0.717) is 18.4 Å². The van der Waals surface area contributed by atoms with Gasteiger partial charge in [0.25, 0.3) is 0 Å². The summed E-state index contributed by atoms with van der Waals surface area (Å²) in [6.07, 6.45) is 4.55. The molecule has 0 aromatic carbocycles. The molecule has 2 N–H and O–H groups in total. The highest BCUT2D eigenvalue weighted by Crippen LogP contribution is 2.19. The lowest BCUT2D eigenvalue weighted by molar-refractivity contribution is 0.441. The first kappa shape index (κ1) is 13.8. The third-order valence-electron chi connectivity index (χ3n) is 3.23. The van der Waals surface area contributed by atoms with Gasteiger partial charge in [-0.15, -0.1) is 0 Å². The smallest absolute Gasteiger partial charge is 0.214 e. The first-order valence-electron chi connectivity index (χ1n) is 6.66. The summed E-state index contributed by atoms with van der Waals surface area (Å²) >= 11 is 0. The lowest BCUT2D eigenvalue weighted by Gasteiger charge is -2.15. The minimum Gasteiger partial charge on any atom is -0.444 e. The van der Waals surface area contributed by atoms with Gasteiger partial charge in [0.2, 0.25) is 5.89 Å². The third kappa shape index (κ3) is 3.23. The molecule has 0 aliphatic carbocycles. The Bertz CT molecular complexity index is 522. The number of hydrogen-bond acceptors (Lipinski definition) is 4. The fourth-order valence-corrected chi connectivity index (χ4v) is 2.15. The van der Waals surface area contributed by atoms with Gasteiger partial charge in [-0.05, 0) is 26.2 Å². The molecule has 0 amide bonds. The Balaban J connectivity index is 2.15. The fourth-order valence-electron chi connectivity index (χ4n) is 2.15. The predicted octanol–water partition coefficient (Wildman–Crippen LogP) is 2.58. The maximum absolute atomic E-state index is 6.22. The number of aromatic nitrogens is 3. The molecule has 2 aromatic heterocycles. The molecule has 0 aliphatic rings. The summed E-state index contributed by atoms with van der Waals surface area (Å²) in [6, 6.07) is -0.000318. The van der Waals surface area contributed by atoms with Crippen LogP contribution in [0.5, 0.6) is 0 Å². The normalized spacial score (nSPS) is 13.2. The molecule has 0 bridgehead atoms. The van der Waals surface area contributed by atoms with Crippen molar-refractivity contribution in [1.29, 1.82) is 0 Å². The van der Waals surface area contributed by atoms with Gasteiger partial charge in [0.1, 0.15) is 12.3 Å². The maximum atomic E-state index is 6.22. The van der Waals surface area contributed by atoms with E-state index in [9.17, 15) is 0 Å². The van der Waals surface area contributed by atoms with Gasteiger partial charge in [-0.25, -0.2) is 9.97 Å². The Morgan fingerprint density at radius 2 is 2.11 bits per heavy atom. The van der Waals surface area contributed by atoms with Crippen LogP contribution in [0.15, 0.2) is 16.9 Å². The van der Waals surface area contributed by atoms with Crippen molar-refractivity contribution >= 4 is 0 Å². The zero-order valence-electron chi connectivity index (χ0n) is 12.1. The summed E-state index contributed by atoms with van der Waals surface area (Å²) in [5.74, 6) is 2.12. The molecule has 5 heteroatoms. The summed E-state index contributed by atoms with van der Waals surface area (Å²) in [5.41, 5.74) is 8.18. The van der Waals surface area contributed by atoms with Gasteiger partial charge in [-0.1, -0.05) is 13.8 Å². The maximum Gasteiger partial charge on any atom is 0.214 e. The van der Waals surface area contributed by atoms with E-state index in [1.165, 1.54) is 0 Å². The molecular weight excluding hydrogens is 240 g/mol. The first-order chi connectivity index (χ1) is 8.97. The van der Waals surface area contributed by atoms with Crippen LogP contribution in [0, 0.1) is 19.8 Å². The largest absolute Gasteiger partial charge is 0.444 e. The van der Waals surface area contributed by atoms with E-state index in [-0.39, 0.29) is 6.04 Å². The second kappa shape index (κ2) is 5.57. The average Bonchev–Trinajstić information content (AvgIpc) is 2.86. The number of hydrogen-bond donors (Lipinski definition) is 1. The Kier molecular flexibility index (Phi) is 4.04. The molecule has 19 heavy (non-hydrogen) atoms. The minimum atomic E-state index is -0.000318. The highest BCUT2D eigenvalue weighted by molar-refractivity contribution is 5.09. The van der Waals surface area contributed by atoms with Gasteiger partial charge in [-0.2, -0.15) is 0 Å². The summed E-state index contributed by atoms with van der Waals surface area (Å²) in [4.78, 5) is 8.58. The molecular formula is C14H22N4O. The molecule has 0 spiro atoms. The van der Waals surface area contributed by atoms with Crippen molar-refractivity contribution in [1.82, 2.24) is 14.5 Å². The van der Waals surface area contributed by atoms with E-state index in [2.05, 4.69) is 23.8 Å². The number of nitrogens with two attached hydrogens (primary N) is 1. The zero-order chi connectivity index (χ0) is 14.0. The van der Waals surface area contributed by atoms with Crippen LogP contribution in [0.4, 0.5) is 0 Å². The van der Waals surface area contributed by atoms with Crippen molar-refractivity contribution < 1.29 is 4.42 Å². The molecule has 0 saturated carbocycles. The van der Waals surface area contributed by atoms with Crippen molar-refractivity contribution in [3.8, 4) is 0 Å². The molecule has 0 fully saturated rings. The number of aryl methyl sites for hydroxylation is 2. The van der Waals surface area contributed by atoms with Crippen LogP contribution in [0.2, 0.25) is 0 Å². The van der Waals surface area contributed by atoms with Gasteiger partial charge in [-0.3, -0.25) is 0 Å². The second-order valence-electron chi connectivity index (χ2n) is 5.43. The molecule has 5 nitrogen and oxygen atoms in total. The van der Waals surface area contributed by atoms with Crippen LogP contribution in [0.1, 0.15) is 49.3 Å². The van der Waals surface area contributed by atoms with Gasteiger partial charge in [0, 0.05) is 12.2 Å². The van der Waals surface area contributed by atoms with E-state index < -0.39 is 0 Å². The van der Waals surface area contributed by atoms with E-state index in [1.807, 2.05) is 24.6 Å². The van der Waals surface area contributed by atoms with Crippen LogP contribution in [0.25, 0.3) is 0 Å². The van der Waals surface area contributed by atoms with Crippen molar-refractivity contribution in [3.05, 3.63) is 35.6 Å². The Morgan fingerprint density at radius 1 is 1.37 bits per heavy atom. The third-order valence-corrected chi connectivity index (χ3v) is 3.23. The van der Waals surface area contributed by atoms with Crippen LogP contribution in [0.3, 0.4) is 0 Å². The molecule has 2 aromatic rings. The van der Waals surface area contributed by atoms with Crippen LogP contribution in [-0.2, 0) is 6.54 Å². The highest BCUT2D eigenvalue weighted by Gasteiger charge is 2.15. The first-order valence-corrected chi connectivity index (χ1v) is 6.66. The van der Waals surface area contributed by atoms with Crippen molar-refractivity contribution in [2.45, 2.75) is 46.7 Å². The van der Waals surface area contributed by atoms with Crippen molar-refractivity contribution in [2.75, 3.05) is 0 Å². The quantitative estimate of drug-likeness (QED) is 0.899. The molecule has 0 saturated heterocycles. The highest BCUT2D eigenvalue weighted by atomic mass is 16.4. The van der Waals surface area contributed by atoms with E-state index >= 15 is 0 Å². The SMILES string of the molecule is Cc1nc(Cn2cncc2C(N)CC(C)C)oc1C. The second-order valence-corrected chi connectivity index (χ2v) is 5.43. The van der Waals surface area contributed by atoms with Crippen molar-refractivity contribution in [3.63, 3.8) is 0 Å². The number of rotatable bonds is 5. The van der Waals surface area contributed by atoms with Crippen LogP contribution in [-0.4, -0.2) is 14.5 Å². The molecule has 0 aliphatic heterocycles. The number of nitrogens with zero attached hydrogens (tertiary/aromatic N) is 3. The summed E-state index contributed by atoms with van der Waals surface area (Å²) in [7, 11) is 0. The molecule has 1 atom stereocenters. The van der Waals surface area contributed by atoms with Gasteiger partial charge in [0.15, 0.2) is 0 Å². The number of oxazole rings is 1. The van der Waals surface area contributed by atoms with Crippen LogP contribution >= 0.6 is 0 Å². The minimum absolute atomic E-state index is 0.000318. The Morgan fingerprint density at radius 3 is 2.68 bits per heavy atom. The van der Waals surface area contributed by atoms with Crippen molar-refractivity contribution in [2.24, 2.45) is 11.7 Å². The predicted molar refractivity (Wildman–Crippen MR) is 73.7 cm³/mol. The van der Waals surface area contributed by atoms with Gasteiger partial charge < -0.3 is 14.7 Å². The van der Waals surface area contributed by atoms with Gasteiger partial charge in [0.05, 0.1) is 17.7 Å². The van der Waals surface area contributed by atoms with E-state index in [1.54, 1.807) is 6.33 Å². The summed E-state index contributed by atoms with van der Waals surface area (Å²) in [6.45, 7) is 8.78. The van der Waals surface area contributed by atoms with Crippen LogP contribution < -0.4 is 5.73 Å². The summed E-state index contributed by atoms with van der Waals surface area (Å²) in [5, 5.41) is 0. The molecule has 2 rings (SSSR count). The standard InChI is InChI=1S/C14H22N4O/c1-9(2)5-12(15)13-6-16-8-18(13)7-14-17-10(3)11(4)19-14/h6,8-9,12H,5,7,15H2,1-4H3. The average molecular weight is 262 g/mol. The van der Waals surface area contributed by atoms with E-state index in [0.717, 1.165) is 23.6 Å². The molecule has 2 heterocycles. The fraction of sp³-hybridized carbons (Fsp3) is 0.571. The molecule has 104 valence electrons. The lowest BCUT2D eigenvalue weighted by Crippen LogP contribution is -2.17. The number of imidazole rings is 1. The Hall–Kier alpha value is -1.62. The lowest BCUT2D eigenvalue weighted by atomic mass is 10.0.